The Morgan fingerprint density at radius 1 is 1.03 bits per heavy atom. The van der Waals surface area contributed by atoms with Crippen LogP contribution in [-0.4, -0.2) is 28.3 Å². The minimum Gasteiger partial charge on any atom is -0.368 e. The largest absolute Gasteiger partial charge is 0.368 e. The highest BCUT2D eigenvalue weighted by atomic mass is 35.5. The molecule has 7 heteroatoms. The van der Waals surface area contributed by atoms with E-state index in [9.17, 15) is 9.59 Å². The number of halogens is 1. The zero-order valence-corrected chi connectivity index (χ0v) is 18.4. The summed E-state index contributed by atoms with van der Waals surface area (Å²) in [6, 6.07) is 15.1. The number of hydrogen-bond donors (Lipinski definition) is 2. The highest BCUT2D eigenvalue weighted by Crippen LogP contribution is 2.39. The molecule has 0 aliphatic rings. The zero-order chi connectivity index (χ0) is 22.8. The molecule has 6 nitrogen and oxygen atoms in total. The molecule has 0 spiro atoms. The molecule has 0 fully saturated rings. The van der Waals surface area contributed by atoms with Gasteiger partial charge in [0.1, 0.15) is 5.69 Å². The fourth-order valence-electron chi connectivity index (χ4n) is 3.99. The third-order valence-electron chi connectivity index (χ3n) is 5.33. The Kier molecular flexibility index (Phi) is 5.88. The number of pyridine rings is 2. The minimum absolute atomic E-state index is 0.184. The van der Waals surface area contributed by atoms with E-state index in [0.717, 1.165) is 38.8 Å². The number of benzene rings is 2. The van der Waals surface area contributed by atoms with E-state index < -0.39 is 11.8 Å². The monoisotopic (exact) mass is 444 g/mol. The van der Waals surface area contributed by atoms with Crippen LogP contribution in [0.3, 0.4) is 0 Å². The molecular formula is C25H21ClN4O2. The van der Waals surface area contributed by atoms with Gasteiger partial charge >= 0.3 is 0 Å². The Morgan fingerprint density at radius 3 is 2.44 bits per heavy atom. The molecule has 2 aromatic carbocycles. The smallest absolute Gasteiger partial charge is 0.270 e. The predicted molar refractivity (Wildman–Crippen MR) is 126 cm³/mol. The van der Waals surface area contributed by atoms with Crippen molar-refractivity contribution in [1.29, 1.82) is 0 Å². The van der Waals surface area contributed by atoms with Crippen LogP contribution in [0.5, 0.6) is 0 Å². The third kappa shape index (κ3) is 4.05. The van der Waals surface area contributed by atoms with E-state index in [2.05, 4.69) is 15.3 Å². The molecule has 2 amide bonds. The maximum atomic E-state index is 12.7. The van der Waals surface area contributed by atoms with E-state index in [1.807, 2.05) is 56.3 Å². The van der Waals surface area contributed by atoms with E-state index in [1.165, 1.54) is 0 Å². The lowest BCUT2D eigenvalue weighted by molar-refractivity contribution is -0.117. The molecule has 0 atom stereocenters. The summed E-state index contributed by atoms with van der Waals surface area (Å²) in [6.07, 6.45) is 3.52. The summed E-state index contributed by atoms with van der Waals surface area (Å²) in [4.78, 5) is 32.5. The molecule has 4 aromatic rings. The average molecular weight is 445 g/mol. The molecule has 160 valence electrons. The quantitative estimate of drug-likeness (QED) is 0.475. The molecular weight excluding hydrogens is 424 g/mol. The van der Waals surface area contributed by atoms with Crippen LogP contribution in [0.1, 0.15) is 21.6 Å². The van der Waals surface area contributed by atoms with Crippen molar-refractivity contribution in [3.8, 4) is 22.3 Å². The zero-order valence-electron chi connectivity index (χ0n) is 17.6. The average Bonchev–Trinajstić information content (AvgIpc) is 2.77. The van der Waals surface area contributed by atoms with Gasteiger partial charge in [-0.25, -0.2) is 4.98 Å². The Morgan fingerprint density at radius 2 is 1.75 bits per heavy atom. The van der Waals surface area contributed by atoms with Crippen LogP contribution < -0.4 is 11.1 Å². The second kappa shape index (κ2) is 8.77. The topological polar surface area (TPSA) is 98.0 Å². The van der Waals surface area contributed by atoms with Gasteiger partial charge in [-0.15, -0.1) is 0 Å². The maximum Gasteiger partial charge on any atom is 0.270 e. The van der Waals surface area contributed by atoms with Crippen LogP contribution in [0.15, 0.2) is 60.9 Å². The number of aromatic nitrogens is 2. The van der Waals surface area contributed by atoms with E-state index in [1.54, 1.807) is 18.5 Å². The van der Waals surface area contributed by atoms with Crippen molar-refractivity contribution < 1.29 is 9.59 Å². The van der Waals surface area contributed by atoms with Gasteiger partial charge in [0.2, 0.25) is 5.91 Å². The number of nitrogens with two attached hydrogens (primary N) is 1. The summed E-state index contributed by atoms with van der Waals surface area (Å²) in [5.74, 6) is -1.10. The number of amides is 2. The Hall–Kier alpha value is -3.77. The molecule has 0 unspecified atom stereocenters. The van der Waals surface area contributed by atoms with Crippen molar-refractivity contribution in [3.63, 3.8) is 0 Å². The van der Waals surface area contributed by atoms with Gasteiger partial charge in [0.05, 0.1) is 12.1 Å². The Labute approximate surface area is 190 Å². The molecule has 32 heavy (non-hydrogen) atoms. The second-order valence-electron chi connectivity index (χ2n) is 7.51. The molecule has 2 heterocycles. The summed E-state index contributed by atoms with van der Waals surface area (Å²) in [5, 5.41) is 3.98. The van der Waals surface area contributed by atoms with Gasteiger partial charge in [-0.3, -0.25) is 14.6 Å². The van der Waals surface area contributed by atoms with Crippen LogP contribution >= 0.6 is 11.6 Å². The number of carbonyl (C=O) groups excluding carboxylic acids is 2. The molecule has 0 radical (unpaired) electrons. The lowest BCUT2D eigenvalue weighted by Gasteiger charge is -2.18. The number of nitrogens with zero attached hydrogens (tertiary/aromatic N) is 2. The van der Waals surface area contributed by atoms with Crippen LogP contribution in [0.25, 0.3) is 33.2 Å². The van der Waals surface area contributed by atoms with E-state index in [-0.39, 0.29) is 12.2 Å². The van der Waals surface area contributed by atoms with E-state index >= 15 is 0 Å². The molecule has 4 rings (SSSR count). The fourth-order valence-corrected chi connectivity index (χ4v) is 4.23. The molecule has 0 aliphatic heterocycles. The summed E-state index contributed by atoms with van der Waals surface area (Å²) in [5.41, 5.74) is 11.8. The van der Waals surface area contributed by atoms with Gasteiger partial charge in [0, 0.05) is 28.4 Å². The first-order valence-electron chi connectivity index (χ1n) is 10.0. The SMILES string of the molecule is Cc1cc2nc(C(=O)NCC(N)=O)cc(-c3ccccc3Cl)c2c(C)c1-c1ccncc1. The molecule has 2 aromatic heterocycles. The molecule has 0 bridgehead atoms. The molecule has 0 aliphatic carbocycles. The van der Waals surface area contributed by atoms with E-state index in [4.69, 9.17) is 17.3 Å². The Bertz CT molecular complexity index is 1350. The van der Waals surface area contributed by atoms with Crippen LogP contribution in [0.2, 0.25) is 5.02 Å². The minimum atomic E-state index is -0.626. The number of primary amides is 1. The van der Waals surface area contributed by atoms with Crippen molar-refractivity contribution >= 4 is 34.3 Å². The highest BCUT2D eigenvalue weighted by Gasteiger charge is 2.19. The summed E-state index contributed by atoms with van der Waals surface area (Å²) < 4.78 is 0. The summed E-state index contributed by atoms with van der Waals surface area (Å²) in [6.45, 7) is 3.79. The van der Waals surface area contributed by atoms with Gasteiger partial charge in [0.25, 0.3) is 5.91 Å². The van der Waals surface area contributed by atoms with Crippen LogP contribution in [0.4, 0.5) is 0 Å². The number of hydrogen-bond acceptors (Lipinski definition) is 4. The van der Waals surface area contributed by atoms with Crippen LogP contribution in [-0.2, 0) is 4.79 Å². The van der Waals surface area contributed by atoms with E-state index in [0.29, 0.717) is 10.5 Å². The number of carbonyl (C=O) groups is 2. The fraction of sp³-hybridized carbons (Fsp3) is 0.120. The number of fused-ring (bicyclic) bond motifs is 1. The van der Waals surface area contributed by atoms with Crippen molar-refractivity contribution in [1.82, 2.24) is 15.3 Å². The lowest BCUT2D eigenvalue weighted by atomic mass is 9.89. The lowest BCUT2D eigenvalue weighted by Crippen LogP contribution is -2.33. The standard InChI is InChI=1S/C25H21ClN4O2/c1-14-11-20-24(15(2)23(14)16-7-9-28-10-8-16)18(17-5-3-4-6-19(17)26)12-21(30-20)25(32)29-13-22(27)31/h3-12H,13H2,1-2H3,(H2,27,31)(H,29,32). The first-order chi connectivity index (χ1) is 15.4. The second-order valence-corrected chi connectivity index (χ2v) is 7.91. The first kappa shape index (κ1) is 21.5. The summed E-state index contributed by atoms with van der Waals surface area (Å²) in [7, 11) is 0. The van der Waals surface area contributed by atoms with Gasteiger partial charge in [0.15, 0.2) is 0 Å². The van der Waals surface area contributed by atoms with Crippen molar-refractivity contribution in [2.24, 2.45) is 5.73 Å². The first-order valence-corrected chi connectivity index (χ1v) is 10.4. The highest BCUT2D eigenvalue weighted by molar-refractivity contribution is 6.33. The van der Waals surface area contributed by atoms with Crippen LogP contribution in [0, 0.1) is 13.8 Å². The van der Waals surface area contributed by atoms with Crippen molar-refractivity contribution in [3.05, 3.63) is 82.8 Å². The number of aryl methyl sites for hydroxylation is 2. The van der Waals surface area contributed by atoms with Gasteiger partial charge < -0.3 is 11.1 Å². The summed E-state index contributed by atoms with van der Waals surface area (Å²) >= 11 is 6.54. The predicted octanol–water partition coefficient (Wildman–Crippen LogP) is 4.45. The van der Waals surface area contributed by atoms with Crippen molar-refractivity contribution in [2.45, 2.75) is 13.8 Å². The van der Waals surface area contributed by atoms with Gasteiger partial charge in [-0.2, -0.15) is 0 Å². The number of nitrogens with one attached hydrogen (secondary N) is 1. The normalized spacial score (nSPS) is 10.8. The van der Waals surface area contributed by atoms with Gasteiger partial charge in [-0.1, -0.05) is 29.8 Å². The molecule has 3 N–H and O–H groups in total. The van der Waals surface area contributed by atoms with Gasteiger partial charge in [-0.05, 0) is 72.0 Å². The molecule has 0 saturated heterocycles. The Balaban J connectivity index is 2.02. The van der Waals surface area contributed by atoms with Crippen molar-refractivity contribution in [2.75, 3.05) is 6.54 Å². The number of rotatable bonds is 5. The third-order valence-corrected chi connectivity index (χ3v) is 5.66. The maximum absolute atomic E-state index is 12.7. The molecule has 0 saturated carbocycles.